The van der Waals surface area contributed by atoms with E-state index in [-0.39, 0.29) is 0 Å². The van der Waals surface area contributed by atoms with Gasteiger partial charge in [0.1, 0.15) is 0 Å². The molecule has 0 aliphatic rings. The summed E-state index contributed by atoms with van der Waals surface area (Å²) in [7, 11) is -19.0. The third-order valence-corrected chi connectivity index (χ3v) is 6.41. The molecule has 19 heavy (non-hydrogen) atoms. The van der Waals surface area contributed by atoms with E-state index in [1.54, 1.807) is 0 Å². The van der Waals surface area contributed by atoms with Crippen molar-refractivity contribution in [2.75, 3.05) is 23.0 Å². The highest BCUT2D eigenvalue weighted by Crippen LogP contribution is 2.04. The molecule has 0 aliphatic carbocycles. The van der Waals surface area contributed by atoms with Crippen LogP contribution in [0.5, 0.6) is 0 Å². The fourth-order valence-electron chi connectivity index (χ4n) is 0.641. The highest BCUT2D eigenvalue weighted by atomic mass is 32.3. The van der Waals surface area contributed by atoms with Crippen molar-refractivity contribution in [3.05, 3.63) is 0 Å². The molecule has 0 saturated carbocycles. The smallest absolute Gasteiger partial charge is 0.282 e. The number of hydrogen-bond acceptors (Lipinski definition) is 9. The molecule has 0 aromatic heterocycles. The van der Waals surface area contributed by atoms with Crippen LogP contribution in [0.15, 0.2) is 0 Å². The molecule has 0 aliphatic heterocycles. The Morgan fingerprint density at radius 2 is 0.842 bits per heavy atom. The highest BCUT2D eigenvalue weighted by molar-refractivity contribution is 8.00. The molecule has 0 saturated heterocycles. The van der Waals surface area contributed by atoms with Crippen LogP contribution < -0.4 is 0 Å². The van der Waals surface area contributed by atoms with Crippen LogP contribution in [-0.2, 0) is 44.1 Å². The van der Waals surface area contributed by atoms with Gasteiger partial charge in [-0.05, 0) is 0 Å². The van der Waals surface area contributed by atoms with Crippen LogP contribution in [-0.4, -0.2) is 65.8 Å². The molecule has 0 aromatic rings. The van der Waals surface area contributed by atoms with E-state index in [4.69, 9.17) is 9.11 Å². The minimum Gasteiger partial charge on any atom is -0.286 e. The first kappa shape index (κ1) is 18.7. The van der Waals surface area contributed by atoms with Gasteiger partial charge in [-0.1, -0.05) is 0 Å². The van der Waals surface area contributed by atoms with Crippen LogP contribution in [0.3, 0.4) is 0 Å². The summed E-state index contributed by atoms with van der Waals surface area (Å²) in [5.41, 5.74) is 0. The molecule has 0 unspecified atom stereocenters. The first-order valence-electron chi connectivity index (χ1n) is 4.19. The second-order valence-corrected chi connectivity index (χ2v) is 9.90. The van der Waals surface area contributed by atoms with E-state index in [9.17, 15) is 33.7 Å². The lowest BCUT2D eigenvalue weighted by atomic mass is 11.0. The van der Waals surface area contributed by atoms with Gasteiger partial charge in [0.05, 0.1) is 23.0 Å². The van der Waals surface area contributed by atoms with Crippen molar-refractivity contribution in [3.8, 4) is 0 Å². The maximum Gasteiger partial charge on any atom is 0.282 e. The molecule has 0 bridgehead atoms. The molecule has 0 rings (SSSR count). The highest BCUT2D eigenvalue weighted by Gasteiger charge is 2.26. The van der Waals surface area contributed by atoms with Crippen molar-refractivity contribution in [3.63, 3.8) is 0 Å². The fraction of sp³-hybridized carbons (Fsp3) is 1.00. The summed E-state index contributed by atoms with van der Waals surface area (Å²) in [5.74, 6) is -5.25. The molecular formula is C4H10O11S4. The second kappa shape index (κ2) is 5.98. The average molecular weight is 362 g/mol. The largest absolute Gasteiger partial charge is 0.286 e. The zero-order chi connectivity index (χ0) is 15.5. The molecule has 0 heterocycles. The van der Waals surface area contributed by atoms with Gasteiger partial charge >= 0.3 is 0 Å². The second-order valence-electron chi connectivity index (χ2n) is 3.16. The molecule has 15 heteroatoms. The first-order valence-corrected chi connectivity index (χ1v) is 10.6. The van der Waals surface area contributed by atoms with E-state index in [1.807, 2.05) is 0 Å². The molecule has 0 spiro atoms. The Kier molecular flexibility index (Phi) is 5.88. The van der Waals surface area contributed by atoms with Gasteiger partial charge in [-0.25, -0.2) is 0 Å². The minimum absolute atomic E-state index is 1.29. The average Bonchev–Trinajstić information content (AvgIpc) is 2.09. The summed E-state index contributed by atoms with van der Waals surface area (Å²) in [6.45, 7) is 0. The maximum absolute atomic E-state index is 11.0. The predicted octanol–water partition coefficient (Wildman–Crippen LogP) is -2.56. The van der Waals surface area contributed by atoms with Gasteiger partial charge in [0.25, 0.3) is 40.5 Å². The zero-order valence-electron chi connectivity index (χ0n) is 9.03. The van der Waals surface area contributed by atoms with Gasteiger partial charge in [-0.3, -0.25) is 9.11 Å². The van der Waals surface area contributed by atoms with Crippen molar-refractivity contribution < 1.29 is 46.4 Å². The van der Waals surface area contributed by atoms with Crippen LogP contribution in [0.1, 0.15) is 0 Å². The van der Waals surface area contributed by atoms with Gasteiger partial charge in [-0.15, -0.1) is 3.63 Å². The predicted molar refractivity (Wildman–Crippen MR) is 61.5 cm³/mol. The van der Waals surface area contributed by atoms with E-state index in [1.165, 1.54) is 0 Å². The Morgan fingerprint density at radius 3 is 1.05 bits per heavy atom. The molecule has 0 radical (unpaired) electrons. The number of rotatable bonds is 8. The Balaban J connectivity index is 4.75. The first-order chi connectivity index (χ1) is 8.12. The van der Waals surface area contributed by atoms with Crippen molar-refractivity contribution in [2.24, 2.45) is 0 Å². The summed E-state index contributed by atoms with van der Waals surface area (Å²) in [6, 6.07) is 0. The Hall–Kier alpha value is -0.320. The van der Waals surface area contributed by atoms with E-state index >= 15 is 0 Å². The lowest BCUT2D eigenvalue weighted by Gasteiger charge is -2.04. The summed E-state index contributed by atoms with van der Waals surface area (Å²) in [4.78, 5) is 0. The van der Waals surface area contributed by atoms with Gasteiger partial charge in [0.2, 0.25) is 0 Å². The van der Waals surface area contributed by atoms with Gasteiger partial charge in [0.15, 0.2) is 0 Å². The molecule has 11 nitrogen and oxygen atoms in total. The summed E-state index contributed by atoms with van der Waals surface area (Å²) in [6.07, 6.45) is 0. The molecule has 0 aromatic carbocycles. The van der Waals surface area contributed by atoms with Crippen molar-refractivity contribution in [2.45, 2.75) is 0 Å². The normalized spacial score (nSPS) is 14.4. The maximum atomic E-state index is 11.0. The van der Waals surface area contributed by atoms with Crippen LogP contribution in [0.2, 0.25) is 0 Å². The molecule has 0 atom stereocenters. The standard InChI is InChI=1S/C4H10O11S4/c5-16(6,7)1-3-18(11,12)15-19(13,14)4-2-17(8,9)10/h1-4H2,(H,5,6,7)(H,8,9,10). The van der Waals surface area contributed by atoms with Gasteiger partial charge in [-0.2, -0.15) is 33.7 Å². The van der Waals surface area contributed by atoms with Crippen LogP contribution in [0.25, 0.3) is 0 Å². The third kappa shape index (κ3) is 11.2. The minimum atomic E-state index is -4.84. The molecule has 116 valence electrons. The van der Waals surface area contributed by atoms with E-state index in [2.05, 4.69) is 3.63 Å². The van der Waals surface area contributed by atoms with Crippen LogP contribution >= 0.6 is 0 Å². The molecule has 0 amide bonds. The van der Waals surface area contributed by atoms with Crippen molar-refractivity contribution in [1.29, 1.82) is 0 Å². The Bertz CT molecular complexity index is 642. The topological polar surface area (TPSA) is 186 Å². The SMILES string of the molecule is O=S(=O)(O)CCS(=O)(=O)OS(=O)(=O)CCS(=O)(=O)O. The van der Waals surface area contributed by atoms with Crippen LogP contribution in [0, 0.1) is 0 Å². The monoisotopic (exact) mass is 362 g/mol. The van der Waals surface area contributed by atoms with E-state index < -0.39 is 63.5 Å². The van der Waals surface area contributed by atoms with E-state index in [0.29, 0.717) is 0 Å². The third-order valence-electron chi connectivity index (χ3n) is 1.39. The van der Waals surface area contributed by atoms with Gasteiger partial charge in [0, 0.05) is 0 Å². The van der Waals surface area contributed by atoms with Crippen molar-refractivity contribution in [1.82, 2.24) is 0 Å². The summed E-state index contributed by atoms with van der Waals surface area (Å²) < 4.78 is 105. The fourth-order valence-corrected chi connectivity index (χ4v) is 5.77. The van der Waals surface area contributed by atoms with Crippen molar-refractivity contribution >= 4 is 40.5 Å². The summed E-state index contributed by atoms with van der Waals surface area (Å²) in [5, 5.41) is 0. The Labute approximate surface area is 110 Å². The van der Waals surface area contributed by atoms with Gasteiger partial charge < -0.3 is 0 Å². The zero-order valence-corrected chi connectivity index (χ0v) is 12.3. The number of hydrogen-bond donors (Lipinski definition) is 2. The van der Waals surface area contributed by atoms with Crippen LogP contribution in [0.4, 0.5) is 0 Å². The molecular weight excluding hydrogens is 352 g/mol. The lowest BCUT2D eigenvalue weighted by Crippen LogP contribution is -2.25. The van der Waals surface area contributed by atoms with E-state index in [0.717, 1.165) is 0 Å². The summed E-state index contributed by atoms with van der Waals surface area (Å²) >= 11 is 0. The molecule has 0 fully saturated rings. The Morgan fingerprint density at radius 1 is 0.579 bits per heavy atom. The quantitative estimate of drug-likeness (QED) is 0.432. The molecule has 2 N–H and O–H groups in total. The lowest BCUT2D eigenvalue weighted by molar-refractivity contribution is 0.456.